The Morgan fingerprint density at radius 3 is 2.72 bits per heavy atom. The smallest absolute Gasteiger partial charge is 0.387 e. The van der Waals surface area contributed by atoms with Crippen LogP contribution in [-0.2, 0) is 0 Å². The second kappa shape index (κ2) is 7.80. The fourth-order valence-corrected chi connectivity index (χ4v) is 2.71. The number of hydrogen-bond donors (Lipinski definition) is 1. The molecule has 3 rings (SSSR count). The molecule has 0 unspecified atom stereocenters. The zero-order valence-electron chi connectivity index (χ0n) is 12.7. The summed E-state index contributed by atoms with van der Waals surface area (Å²) < 4.78 is 42.2. The fourth-order valence-electron chi connectivity index (χ4n) is 2.04. The number of hydrazone groups is 1. The second-order valence-corrected chi connectivity index (χ2v) is 5.69. The monoisotopic (exact) mass is 363 g/mol. The third kappa shape index (κ3) is 4.57. The van der Waals surface area contributed by atoms with Gasteiger partial charge in [0.1, 0.15) is 11.6 Å². The first-order valence-corrected chi connectivity index (χ1v) is 8.04. The third-order valence-corrected chi connectivity index (χ3v) is 3.88. The van der Waals surface area contributed by atoms with Gasteiger partial charge in [0.05, 0.1) is 11.9 Å². The molecule has 1 heterocycles. The SMILES string of the molecule is Fc1ccc(C=NNc2nc(-c3ccccc3)cs2)c(OC(F)F)c1. The molecule has 0 atom stereocenters. The molecule has 128 valence electrons. The highest BCUT2D eigenvalue weighted by Gasteiger charge is 2.10. The van der Waals surface area contributed by atoms with E-state index in [1.807, 2.05) is 35.7 Å². The Labute approximate surface area is 145 Å². The zero-order valence-corrected chi connectivity index (χ0v) is 13.5. The first kappa shape index (κ1) is 17.0. The maximum absolute atomic E-state index is 13.2. The maximum atomic E-state index is 13.2. The molecule has 4 nitrogen and oxygen atoms in total. The number of nitrogens with one attached hydrogen (secondary N) is 1. The topological polar surface area (TPSA) is 46.5 Å². The van der Waals surface area contributed by atoms with Crippen LogP contribution in [0.3, 0.4) is 0 Å². The Morgan fingerprint density at radius 2 is 1.96 bits per heavy atom. The Bertz CT molecular complexity index is 869. The summed E-state index contributed by atoms with van der Waals surface area (Å²) in [6.07, 6.45) is 1.26. The van der Waals surface area contributed by atoms with E-state index in [9.17, 15) is 13.2 Å². The van der Waals surface area contributed by atoms with Crippen molar-refractivity contribution in [2.75, 3.05) is 5.43 Å². The van der Waals surface area contributed by atoms with E-state index in [1.54, 1.807) is 0 Å². The number of nitrogens with zero attached hydrogens (tertiary/aromatic N) is 2. The standard InChI is InChI=1S/C17H12F3N3OS/c18-13-7-6-12(15(8-13)24-16(19)20)9-21-23-17-22-14(10-25-17)11-4-2-1-3-5-11/h1-10,16H,(H,22,23). The predicted molar refractivity (Wildman–Crippen MR) is 91.8 cm³/mol. The molecule has 0 fully saturated rings. The Balaban J connectivity index is 1.71. The summed E-state index contributed by atoms with van der Waals surface area (Å²) in [7, 11) is 0. The number of anilines is 1. The molecule has 0 saturated heterocycles. The van der Waals surface area contributed by atoms with Gasteiger partial charge in [0.2, 0.25) is 5.13 Å². The molecule has 1 aromatic heterocycles. The molecule has 0 aliphatic heterocycles. The number of halogens is 3. The van der Waals surface area contributed by atoms with Crippen molar-refractivity contribution in [2.24, 2.45) is 5.10 Å². The van der Waals surface area contributed by atoms with Crippen molar-refractivity contribution >= 4 is 22.7 Å². The van der Waals surface area contributed by atoms with E-state index in [1.165, 1.54) is 23.6 Å². The summed E-state index contributed by atoms with van der Waals surface area (Å²) in [4.78, 5) is 4.38. The quantitative estimate of drug-likeness (QED) is 0.495. The van der Waals surface area contributed by atoms with Crippen LogP contribution in [-0.4, -0.2) is 17.8 Å². The lowest BCUT2D eigenvalue weighted by atomic mass is 10.2. The molecule has 0 radical (unpaired) electrons. The number of rotatable bonds is 6. The molecular weight excluding hydrogens is 351 g/mol. The average Bonchev–Trinajstić information content (AvgIpc) is 3.06. The van der Waals surface area contributed by atoms with Crippen LogP contribution < -0.4 is 10.2 Å². The highest BCUT2D eigenvalue weighted by atomic mass is 32.1. The molecule has 8 heteroatoms. The van der Waals surface area contributed by atoms with Gasteiger partial charge in [-0.3, -0.25) is 5.43 Å². The van der Waals surface area contributed by atoms with Gasteiger partial charge in [-0.05, 0) is 12.1 Å². The molecule has 0 spiro atoms. The molecule has 0 saturated carbocycles. The lowest BCUT2D eigenvalue weighted by Gasteiger charge is -2.07. The van der Waals surface area contributed by atoms with E-state index in [-0.39, 0.29) is 11.3 Å². The summed E-state index contributed by atoms with van der Waals surface area (Å²) in [5.41, 5.74) is 4.71. The van der Waals surface area contributed by atoms with Crippen molar-refractivity contribution in [1.29, 1.82) is 0 Å². The lowest BCUT2D eigenvalue weighted by Crippen LogP contribution is -2.05. The van der Waals surface area contributed by atoms with Gasteiger partial charge in [-0.1, -0.05) is 30.3 Å². The van der Waals surface area contributed by atoms with E-state index >= 15 is 0 Å². The van der Waals surface area contributed by atoms with Crippen LogP contribution in [0.15, 0.2) is 59.0 Å². The minimum Gasteiger partial charge on any atom is -0.434 e. The molecule has 0 aliphatic rings. The summed E-state index contributed by atoms with van der Waals surface area (Å²) in [5.74, 6) is -0.960. The van der Waals surface area contributed by atoms with E-state index < -0.39 is 12.4 Å². The van der Waals surface area contributed by atoms with Gasteiger partial charge in [-0.2, -0.15) is 13.9 Å². The largest absolute Gasteiger partial charge is 0.434 e. The normalized spacial score (nSPS) is 11.2. The van der Waals surface area contributed by atoms with E-state index in [0.29, 0.717) is 5.13 Å². The van der Waals surface area contributed by atoms with Gasteiger partial charge < -0.3 is 4.74 Å². The molecule has 1 N–H and O–H groups in total. The van der Waals surface area contributed by atoms with Crippen molar-refractivity contribution in [3.05, 3.63) is 65.3 Å². The van der Waals surface area contributed by atoms with Gasteiger partial charge in [0.25, 0.3) is 0 Å². The third-order valence-electron chi connectivity index (χ3n) is 3.13. The molecule has 2 aromatic carbocycles. The van der Waals surface area contributed by atoms with Crippen LogP contribution >= 0.6 is 11.3 Å². The van der Waals surface area contributed by atoms with Crippen LogP contribution in [0.4, 0.5) is 18.3 Å². The van der Waals surface area contributed by atoms with Crippen molar-refractivity contribution in [3.63, 3.8) is 0 Å². The van der Waals surface area contributed by atoms with Gasteiger partial charge >= 0.3 is 6.61 Å². The van der Waals surface area contributed by atoms with Crippen LogP contribution in [0, 0.1) is 5.82 Å². The Morgan fingerprint density at radius 1 is 1.16 bits per heavy atom. The highest BCUT2D eigenvalue weighted by molar-refractivity contribution is 7.14. The molecule has 25 heavy (non-hydrogen) atoms. The minimum absolute atomic E-state index is 0.217. The molecule has 0 amide bonds. The number of ether oxygens (including phenoxy) is 1. The fraction of sp³-hybridized carbons (Fsp3) is 0.0588. The lowest BCUT2D eigenvalue weighted by molar-refractivity contribution is -0.0500. The molecule has 0 bridgehead atoms. The van der Waals surface area contributed by atoms with Crippen LogP contribution in [0.2, 0.25) is 0 Å². The summed E-state index contributed by atoms with van der Waals surface area (Å²) >= 11 is 1.35. The number of aromatic nitrogens is 1. The van der Waals surface area contributed by atoms with Crippen molar-refractivity contribution < 1.29 is 17.9 Å². The van der Waals surface area contributed by atoms with Gasteiger partial charge in [-0.25, -0.2) is 9.37 Å². The van der Waals surface area contributed by atoms with Crippen LogP contribution in [0.5, 0.6) is 5.75 Å². The summed E-state index contributed by atoms with van der Waals surface area (Å²) in [6, 6.07) is 12.9. The van der Waals surface area contributed by atoms with Gasteiger partial charge in [-0.15, -0.1) is 11.3 Å². The summed E-state index contributed by atoms with van der Waals surface area (Å²) in [5, 5.41) is 6.35. The first-order chi connectivity index (χ1) is 12.1. The second-order valence-electron chi connectivity index (χ2n) is 4.83. The first-order valence-electron chi connectivity index (χ1n) is 7.16. The zero-order chi connectivity index (χ0) is 17.6. The van der Waals surface area contributed by atoms with E-state index in [2.05, 4.69) is 20.2 Å². The summed E-state index contributed by atoms with van der Waals surface area (Å²) in [6.45, 7) is -3.05. The predicted octanol–water partition coefficient (Wildman–Crippen LogP) is 5.00. The number of thiazole rings is 1. The van der Waals surface area contributed by atoms with Crippen molar-refractivity contribution in [1.82, 2.24) is 4.98 Å². The number of alkyl halides is 2. The molecular formula is C17H12F3N3OS. The highest BCUT2D eigenvalue weighted by Crippen LogP contribution is 2.25. The minimum atomic E-state index is -3.05. The molecule has 0 aliphatic carbocycles. The van der Waals surface area contributed by atoms with Gasteiger partial charge in [0.15, 0.2) is 0 Å². The number of hydrogen-bond acceptors (Lipinski definition) is 5. The van der Waals surface area contributed by atoms with E-state index in [0.717, 1.165) is 23.4 Å². The van der Waals surface area contributed by atoms with E-state index in [4.69, 9.17) is 0 Å². The van der Waals surface area contributed by atoms with Gasteiger partial charge in [0, 0.05) is 22.6 Å². The van der Waals surface area contributed by atoms with Crippen LogP contribution in [0.25, 0.3) is 11.3 Å². The Kier molecular flexibility index (Phi) is 5.30. The van der Waals surface area contributed by atoms with Crippen molar-refractivity contribution in [2.45, 2.75) is 6.61 Å². The average molecular weight is 363 g/mol. The Hall–Kier alpha value is -2.87. The number of benzene rings is 2. The maximum Gasteiger partial charge on any atom is 0.387 e. The molecule has 3 aromatic rings. The van der Waals surface area contributed by atoms with Crippen LogP contribution in [0.1, 0.15) is 5.56 Å². The van der Waals surface area contributed by atoms with Crippen molar-refractivity contribution in [3.8, 4) is 17.0 Å².